The highest BCUT2D eigenvalue weighted by atomic mass is 16.5. The third-order valence-corrected chi connectivity index (χ3v) is 3.02. The highest BCUT2D eigenvalue weighted by Gasteiger charge is 2.15. The molecule has 2 atom stereocenters. The first kappa shape index (κ1) is 14.5. The lowest BCUT2D eigenvalue weighted by molar-refractivity contribution is -0.125. The first-order chi connectivity index (χ1) is 8.58. The minimum absolute atomic E-state index is 0.0105. The SMILES string of the molecule is COc1ccc([C@H](C)NC(=O)C(C)CCN)cc1. The fraction of sp³-hybridized carbons (Fsp3) is 0.500. The van der Waals surface area contributed by atoms with E-state index in [2.05, 4.69) is 5.32 Å². The van der Waals surface area contributed by atoms with Gasteiger partial charge in [-0.05, 0) is 37.6 Å². The standard InChI is InChI=1S/C14H22N2O2/c1-10(8-9-15)14(17)16-11(2)12-4-6-13(18-3)7-5-12/h4-7,10-11H,8-9,15H2,1-3H3,(H,16,17)/t10?,11-/m0/s1. The van der Waals surface area contributed by atoms with Gasteiger partial charge in [-0.2, -0.15) is 0 Å². The molecule has 18 heavy (non-hydrogen) atoms. The Morgan fingerprint density at radius 3 is 2.44 bits per heavy atom. The zero-order chi connectivity index (χ0) is 13.5. The number of methoxy groups -OCH3 is 1. The molecule has 0 saturated heterocycles. The zero-order valence-corrected chi connectivity index (χ0v) is 11.3. The molecule has 0 fully saturated rings. The van der Waals surface area contributed by atoms with E-state index in [1.807, 2.05) is 38.1 Å². The Morgan fingerprint density at radius 2 is 1.94 bits per heavy atom. The number of amides is 1. The van der Waals surface area contributed by atoms with E-state index >= 15 is 0 Å². The van der Waals surface area contributed by atoms with E-state index in [1.165, 1.54) is 0 Å². The maximum absolute atomic E-state index is 11.8. The minimum atomic E-state index is -0.0456. The summed E-state index contributed by atoms with van der Waals surface area (Å²) in [5.74, 6) is 0.813. The second-order valence-corrected chi connectivity index (χ2v) is 4.48. The summed E-state index contributed by atoms with van der Waals surface area (Å²) in [4.78, 5) is 11.8. The van der Waals surface area contributed by atoms with Crippen molar-refractivity contribution in [1.82, 2.24) is 5.32 Å². The normalized spacial score (nSPS) is 13.8. The van der Waals surface area contributed by atoms with Crippen LogP contribution in [0.2, 0.25) is 0 Å². The van der Waals surface area contributed by atoms with Crippen molar-refractivity contribution in [3.63, 3.8) is 0 Å². The lowest BCUT2D eigenvalue weighted by Gasteiger charge is -2.17. The van der Waals surface area contributed by atoms with Crippen LogP contribution in [0.5, 0.6) is 5.75 Å². The van der Waals surface area contributed by atoms with E-state index < -0.39 is 0 Å². The van der Waals surface area contributed by atoms with Crippen LogP contribution in [0.25, 0.3) is 0 Å². The van der Waals surface area contributed by atoms with Crippen molar-refractivity contribution < 1.29 is 9.53 Å². The summed E-state index contributed by atoms with van der Waals surface area (Å²) in [5.41, 5.74) is 6.51. The van der Waals surface area contributed by atoms with E-state index in [0.717, 1.165) is 11.3 Å². The van der Waals surface area contributed by atoms with Crippen LogP contribution in [-0.4, -0.2) is 19.6 Å². The Labute approximate surface area is 109 Å². The van der Waals surface area contributed by atoms with Crippen LogP contribution in [0, 0.1) is 5.92 Å². The van der Waals surface area contributed by atoms with Gasteiger partial charge in [0.1, 0.15) is 5.75 Å². The van der Waals surface area contributed by atoms with Gasteiger partial charge in [-0.3, -0.25) is 4.79 Å². The molecule has 0 aromatic heterocycles. The molecule has 0 bridgehead atoms. The number of hydrogen-bond donors (Lipinski definition) is 2. The predicted molar refractivity (Wildman–Crippen MR) is 72.4 cm³/mol. The molecule has 4 heteroatoms. The van der Waals surface area contributed by atoms with Gasteiger partial charge in [0.2, 0.25) is 5.91 Å². The summed E-state index contributed by atoms with van der Waals surface area (Å²) in [6.45, 7) is 4.39. The molecule has 100 valence electrons. The van der Waals surface area contributed by atoms with Crippen molar-refractivity contribution in [2.75, 3.05) is 13.7 Å². The van der Waals surface area contributed by atoms with Crippen molar-refractivity contribution in [3.05, 3.63) is 29.8 Å². The molecule has 3 N–H and O–H groups in total. The molecule has 0 saturated carbocycles. The van der Waals surface area contributed by atoms with Crippen molar-refractivity contribution in [2.24, 2.45) is 11.7 Å². The van der Waals surface area contributed by atoms with E-state index in [-0.39, 0.29) is 17.9 Å². The Bertz CT molecular complexity index is 376. The number of carbonyl (C=O) groups is 1. The van der Waals surface area contributed by atoms with E-state index in [0.29, 0.717) is 13.0 Å². The predicted octanol–water partition coefficient (Wildman–Crippen LogP) is 1.86. The van der Waals surface area contributed by atoms with Crippen LogP contribution in [-0.2, 0) is 4.79 Å². The lowest BCUT2D eigenvalue weighted by Crippen LogP contribution is -2.32. The highest BCUT2D eigenvalue weighted by molar-refractivity contribution is 5.78. The van der Waals surface area contributed by atoms with Crippen molar-refractivity contribution in [2.45, 2.75) is 26.3 Å². The molecule has 1 unspecified atom stereocenters. The number of nitrogens with one attached hydrogen (secondary N) is 1. The zero-order valence-electron chi connectivity index (χ0n) is 11.3. The van der Waals surface area contributed by atoms with E-state index in [4.69, 9.17) is 10.5 Å². The summed E-state index contributed by atoms with van der Waals surface area (Å²) < 4.78 is 5.10. The van der Waals surface area contributed by atoms with Gasteiger partial charge in [0.25, 0.3) is 0 Å². The fourth-order valence-corrected chi connectivity index (χ4v) is 1.71. The van der Waals surface area contributed by atoms with E-state index in [9.17, 15) is 4.79 Å². The fourth-order valence-electron chi connectivity index (χ4n) is 1.71. The number of rotatable bonds is 6. The first-order valence-corrected chi connectivity index (χ1v) is 6.23. The van der Waals surface area contributed by atoms with Crippen LogP contribution >= 0.6 is 0 Å². The molecule has 0 heterocycles. The van der Waals surface area contributed by atoms with Crippen LogP contribution in [0.3, 0.4) is 0 Å². The molecule has 0 spiro atoms. The molecule has 0 aliphatic heterocycles. The molecular formula is C14H22N2O2. The molecule has 0 radical (unpaired) electrons. The van der Waals surface area contributed by atoms with Gasteiger partial charge in [0.05, 0.1) is 13.2 Å². The Hall–Kier alpha value is -1.55. The Balaban J connectivity index is 2.58. The Morgan fingerprint density at radius 1 is 1.33 bits per heavy atom. The highest BCUT2D eigenvalue weighted by Crippen LogP contribution is 2.17. The number of carbonyl (C=O) groups excluding carboxylic acids is 1. The summed E-state index contributed by atoms with van der Waals surface area (Å²) in [6, 6.07) is 7.68. The second-order valence-electron chi connectivity index (χ2n) is 4.48. The van der Waals surface area contributed by atoms with Gasteiger partial charge in [-0.25, -0.2) is 0 Å². The molecule has 0 aliphatic carbocycles. The third kappa shape index (κ3) is 4.04. The Kier molecular flexibility index (Phi) is 5.65. The maximum atomic E-state index is 11.8. The average molecular weight is 250 g/mol. The topological polar surface area (TPSA) is 64.3 Å². The number of hydrogen-bond acceptors (Lipinski definition) is 3. The molecule has 4 nitrogen and oxygen atoms in total. The van der Waals surface area contributed by atoms with Crippen molar-refractivity contribution in [3.8, 4) is 5.75 Å². The summed E-state index contributed by atoms with van der Waals surface area (Å²) in [7, 11) is 1.63. The minimum Gasteiger partial charge on any atom is -0.497 e. The summed E-state index contributed by atoms with van der Waals surface area (Å²) in [5, 5.41) is 2.98. The van der Waals surface area contributed by atoms with Gasteiger partial charge in [-0.1, -0.05) is 19.1 Å². The first-order valence-electron chi connectivity index (χ1n) is 6.23. The lowest BCUT2D eigenvalue weighted by atomic mass is 10.0. The van der Waals surface area contributed by atoms with Crippen LogP contribution in [0.1, 0.15) is 31.9 Å². The maximum Gasteiger partial charge on any atom is 0.223 e. The molecular weight excluding hydrogens is 228 g/mol. The second kappa shape index (κ2) is 7.01. The molecule has 1 rings (SSSR count). The third-order valence-electron chi connectivity index (χ3n) is 3.02. The average Bonchev–Trinajstić information content (AvgIpc) is 2.39. The molecule has 1 amide bonds. The van der Waals surface area contributed by atoms with Gasteiger partial charge in [0, 0.05) is 5.92 Å². The van der Waals surface area contributed by atoms with Gasteiger partial charge in [-0.15, -0.1) is 0 Å². The van der Waals surface area contributed by atoms with Crippen LogP contribution in [0.15, 0.2) is 24.3 Å². The van der Waals surface area contributed by atoms with Crippen molar-refractivity contribution >= 4 is 5.91 Å². The summed E-state index contributed by atoms with van der Waals surface area (Å²) >= 11 is 0. The number of nitrogens with two attached hydrogens (primary N) is 1. The number of ether oxygens (including phenoxy) is 1. The monoisotopic (exact) mass is 250 g/mol. The quantitative estimate of drug-likeness (QED) is 0.810. The van der Waals surface area contributed by atoms with Gasteiger partial charge in [0.15, 0.2) is 0 Å². The largest absolute Gasteiger partial charge is 0.497 e. The van der Waals surface area contributed by atoms with Gasteiger partial charge < -0.3 is 15.8 Å². The number of benzene rings is 1. The molecule has 1 aromatic rings. The van der Waals surface area contributed by atoms with Crippen molar-refractivity contribution in [1.29, 1.82) is 0 Å². The molecule has 0 aliphatic rings. The molecule has 1 aromatic carbocycles. The van der Waals surface area contributed by atoms with Crippen LogP contribution < -0.4 is 15.8 Å². The van der Waals surface area contributed by atoms with E-state index in [1.54, 1.807) is 7.11 Å². The smallest absolute Gasteiger partial charge is 0.223 e. The summed E-state index contributed by atoms with van der Waals surface area (Å²) in [6.07, 6.45) is 0.709. The van der Waals surface area contributed by atoms with Gasteiger partial charge >= 0.3 is 0 Å². The van der Waals surface area contributed by atoms with Crippen LogP contribution in [0.4, 0.5) is 0 Å².